The molecule has 0 aliphatic carbocycles. The summed E-state index contributed by atoms with van der Waals surface area (Å²) in [6.07, 6.45) is 6.07. The number of nitrogen functional groups attached to an aromatic ring is 1. The number of unbranched alkanes of at least 4 members (excludes halogenated alkanes) is 2. The summed E-state index contributed by atoms with van der Waals surface area (Å²) in [5.74, 6) is 0.273. The fourth-order valence-corrected chi connectivity index (χ4v) is 3.49. The highest BCUT2D eigenvalue weighted by Gasteiger charge is 2.55. The maximum absolute atomic E-state index is 11.1. The van der Waals surface area contributed by atoms with E-state index in [9.17, 15) is 5.11 Å². The van der Waals surface area contributed by atoms with Crippen LogP contribution in [0.2, 0.25) is 0 Å². The Bertz CT molecular complexity index is 813. The molecular weight excluding hydrogens is 374 g/mol. The van der Waals surface area contributed by atoms with E-state index < -0.39 is 24.0 Å². The summed E-state index contributed by atoms with van der Waals surface area (Å²) in [7, 11) is 0. The summed E-state index contributed by atoms with van der Waals surface area (Å²) < 4.78 is 19.9. The summed E-state index contributed by atoms with van der Waals surface area (Å²) in [5, 5.41) is 11.1. The van der Waals surface area contributed by atoms with Crippen LogP contribution in [0.5, 0.6) is 0 Å². The van der Waals surface area contributed by atoms with E-state index in [2.05, 4.69) is 35.4 Å². The zero-order valence-corrected chi connectivity index (χ0v) is 17.2. The van der Waals surface area contributed by atoms with E-state index in [1.165, 1.54) is 6.33 Å². The summed E-state index contributed by atoms with van der Waals surface area (Å²) in [4.78, 5) is 12.5. The average Bonchev–Trinajstić information content (AvgIpc) is 3.27. The van der Waals surface area contributed by atoms with Crippen molar-refractivity contribution in [3.63, 3.8) is 0 Å². The van der Waals surface area contributed by atoms with Crippen molar-refractivity contribution < 1.29 is 19.3 Å². The van der Waals surface area contributed by atoms with E-state index in [0.29, 0.717) is 24.4 Å². The molecular formula is C20H31N5O4. The van der Waals surface area contributed by atoms with Crippen LogP contribution in [0.15, 0.2) is 25.3 Å². The van der Waals surface area contributed by atoms with Gasteiger partial charge in [-0.1, -0.05) is 32.8 Å². The molecule has 160 valence electrons. The predicted octanol–water partition coefficient (Wildman–Crippen LogP) is 2.22. The molecule has 0 radical (unpaired) electrons. The number of ether oxygens (including phenoxy) is 3. The van der Waals surface area contributed by atoms with Crippen molar-refractivity contribution in [3.8, 4) is 0 Å². The van der Waals surface area contributed by atoms with Crippen LogP contribution in [-0.4, -0.2) is 62.3 Å². The van der Waals surface area contributed by atoms with Crippen molar-refractivity contribution >= 4 is 17.0 Å². The first-order valence-corrected chi connectivity index (χ1v) is 10.2. The number of hydrogen-bond donors (Lipinski definition) is 2. The second-order valence-corrected chi connectivity index (χ2v) is 7.29. The Labute approximate surface area is 170 Å². The summed E-state index contributed by atoms with van der Waals surface area (Å²) >= 11 is 0. The van der Waals surface area contributed by atoms with Crippen LogP contribution >= 0.6 is 0 Å². The third-order valence-corrected chi connectivity index (χ3v) is 5.20. The van der Waals surface area contributed by atoms with Crippen molar-refractivity contribution in [2.24, 2.45) is 0 Å². The quantitative estimate of drug-likeness (QED) is 0.432. The highest BCUT2D eigenvalue weighted by Crippen LogP contribution is 2.41. The van der Waals surface area contributed by atoms with Gasteiger partial charge >= 0.3 is 0 Å². The van der Waals surface area contributed by atoms with Crippen molar-refractivity contribution in [1.82, 2.24) is 19.5 Å². The molecule has 3 rings (SSSR count). The van der Waals surface area contributed by atoms with Crippen molar-refractivity contribution in [3.05, 3.63) is 25.3 Å². The molecule has 0 unspecified atom stereocenters. The summed E-state index contributed by atoms with van der Waals surface area (Å²) in [6.45, 7) is 9.50. The maximum atomic E-state index is 11.1. The van der Waals surface area contributed by atoms with Crippen LogP contribution in [0.4, 0.5) is 5.82 Å². The van der Waals surface area contributed by atoms with E-state index in [0.717, 1.165) is 25.7 Å². The molecule has 2 aromatic rings. The lowest BCUT2D eigenvalue weighted by atomic mass is 9.95. The molecule has 2 aromatic heterocycles. The van der Waals surface area contributed by atoms with E-state index >= 15 is 0 Å². The topological polar surface area (TPSA) is 118 Å². The third-order valence-electron chi connectivity index (χ3n) is 5.20. The van der Waals surface area contributed by atoms with Crippen LogP contribution < -0.4 is 5.73 Å². The molecule has 4 atom stereocenters. The number of aliphatic hydroxyl groups excluding tert-OH is 1. The molecule has 0 aromatic carbocycles. The van der Waals surface area contributed by atoms with Gasteiger partial charge in [0.25, 0.3) is 0 Å². The molecule has 1 fully saturated rings. The first-order valence-electron chi connectivity index (χ1n) is 10.2. The van der Waals surface area contributed by atoms with Crippen LogP contribution in [0.25, 0.3) is 11.2 Å². The minimum Gasteiger partial charge on any atom is -0.386 e. The van der Waals surface area contributed by atoms with Crippen LogP contribution in [0.3, 0.4) is 0 Å². The van der Waals surface area contributed by atoms with Gasteiger partial charge in [-0.05, 0) is 12.8 Å². The maximum Gasteiger partial charge on any atom is 0.167 e. The zero-order valence-electron chi connectivity index (χ0n) is 17.2. The molecule has 1 saturated heterocycles. The number of nitrogens with zero attached hydrogens (tertiary/aromatic N) is 4. The van der Waals surface area contributed by atoms with Gasteiger partial charge in [0, 0.05) is 13.2 Å². The largest absolute Gasteiger partial charge is 0.386 e. The molecule has 1 aliphatic rings. The number of nitrogens with two attached hydrogens (primary N) is 1. The number of fused-ring (bicyclic) bond motifs is 1. The summed E-state index contributed by atoms with van der Waals surface area (Å²) in [6, 6.07) is 0. The SMILES string of the molecule is C=C[C@]1(COCCCC)O[C@@H](n2cnc3c(N)ncnc32)[C@H](O)[C@@H]1OCCCC. The highest BCUT2D eigenvalue weighted by molar-refractivity contribution is 5.81. The van der Waals surface area contributed by atoms with Crippen LogP contribution in [0, 0.1) is 0 Å². The zero-order chi connectivity index (χ0) is 20.9. The van der Waals surface area contributed by atoms with Crippen LogP contribution in [0.1, 0.15) is 45.8 Å². The van der Waals surface area contributed by atoms with Gasteiger partial charge in [-0.15, -0.1) is 6.58 Å². The molecule has 3 heterocycles. The Morgan fingerprint density at radius 2 is 2.03 bits per heavy atom. The van der Waals surface area contributed by atoms with Gasteiger partial charge in [0.2, 0.25) is 0 Å². The number of aromatic nitrogens is 4. The van der Waals surface area contributed by atoms with Gasteiger partial charge in [0.05, 0.1) is 12.9 Å². The van der Waals surface area contributed by atoms with E-state index in [1.54, 1.807) is 17.0 Å². The fraction of sp³-hybridized carbons (Fsp3) is 0.650. The molecule has 0 bridgehead atoms. The molecule has 0 spiro atoms. The lowest BCUT2D eigenvalue weighted by Crippen LogP contribution is -2.47. The van der Waals surface area contributed by atoms with E-state index in [1.807, 2.05) is 0 Å². The summed E-state index contributed by atoms with van der Waals surface area (Å²) in [5.41, 5.74) is 5.86. The standard InChI is InChI=1S/C20H31N5O4/c1-4-7-9-27-11-20(6-3)16(28-10-8-5-2)15(26)19(29-20)25-13-24-14-17(21)22-12-23-18(14)25/h6,12-13,15-16,19,26H,3-5,7-11H2,1-2H3,(H2,21,22,23)/t15-,16+,19-,20-/m1/s1. The van der Waals surface area contributed by atoms with Gasteiger partial charge < -0.3 is 25.1 Å². The first kappa shape index (κ1) is 21.6. The lowest BCUT2D eigenvalue weighted by Gasteiger charge is -2.31. The monoisotopic (exact) mass is 405 g/mol. The Balaban J connectivity index is 1.90. The van der Waals surface area contributed by atoms with Crippen molar-refractivity contribution in [1.29, 1.82) is 0 Å². The lowest BCUT2D eigenvalue weighted by molar-refractivity contribution is -0.123. The predicted molar refractivity (Wildman–Crippen MR) is 109 cm³/mol. The van der Waals surface area contributed by atoms with Crippen LogP contribution in [-0.2, 0) is 14.2 Å². The Morgan fingerprint density at radius 1 is 1.28 bits per heavy atom. The Hall–Kier alpha value is -2.07. The average molecular weight is 405 g/mol. The number of imidazole rings is 1. The minimum absolute atomic E-state index is 0.241. The van der Waals surface area contributed by atoms with Crippen molar-refractivity contribution in [2.75, 3.05) is 25.6 Å². The fourth-order valence-electron chi connectivity index (χ4n) is 3.49. The second kappa shape index (κ2) is 9.62. The normalized spacial score (nSPS) is 26.9. The molecule has 9 nitrogen and oxygen atoms in total. The van der Waals surface area contributed by atoms with E-state index in [-0.39, 0.29) is 12.4 Å². The Morgan fingerprint density at radius 3 is 2.76 bits per heavy atom. The number of anilines is 1. The third kappa shape index (κ3) is 4.28. The molecule has 0 amide bonds. The first-order chi connectivity index (χ1) is 14.1. The molecule has 3 N–H and O–H groups in total. The number of hydrogen-bond acceptors (Lipinski definition) is 8. The molecule has 1 aliphatic heterocycles. The van der Waals surface area contributed by atoms with E-state index in [4.69, 9.17) is 19.9 Å². The van der Waals surface area contributed by atoms with Gasteiger partial charge in [-0.3, -0.25) is 4.57 Å². The minimum atomic E-state index is -0.985. The van der Waals surface area contributed by atoms with Gasteiger partial charge in [0.1, 0.15) is 29.7 Å². The van der Waals surface area contributed by atoms with Gasteiger partial charge in [0.15, 0.2) is 17.7 Å². The second-order valence-electron chi connectivity index (χ2n) is 7.29. The molecule has 0 saturated carbocycles. The number of aliphatic hydroxyl groups is 1. The Kier molecular flexibility index (Phi) is 7.18. The molecule has 9 heteroatoms. The number of rotatable bonds is 11. The van der Waals surface area contributed by atoms with Gasteiger partial charge in [-0.25, -0.2) is 15.0 Å². The smallest absolute Gasteiger partial charge is 0.167 e. The molecule has 29 heavy (non-hydrogen) atoms. The van der Waals surface area contributed by atoms with Gasteiger partial charge in [-0.2, -0.15) is 0 Å². The highest BCUT2D eigenvalue weighted by atomic mass is 16.6. The van der Waals surface area contributed by atoms with Crippen molar-refractivity contribution in [2.45, 2.75) is 63.6 Å².